The summed E-state index contributed by atoms with van der Waals surface area (Å²) in [5.41, 5.74) is 0. The minimum Gasteiger partial charge on any atom is -0.337 e. The molecule has 4 heteroatoms. The number of likely N-dealkylation sites (N-methyl/N-ethyl adjacent to an activating group) is 1. The van der Waals surface area contributed by atoms with Crippen LogP contribution in [0.25, 0.3) is 0 Å². The molecule has 0 N–H and O–H groups in total. The Kier molecular flexibility index (Phi) is 3.19. The van der Waals surface area contributed by atoms with Gasteiger partial charge >= 0.3 is 0 Å². The van der Waals surface area contributed by atoms with Crippen molar-refractivity contribution in [2.24, 2.45) is 0 Å². The van der Waals surface area contributed by atoms with E-state index in [1.54, 1.807) is 29.5 Å². The number of hydrogen-bond donors (Lipinski definition) is 0. The Labute approximate surface area is 81.7 Å². The van der Waals surface area contributed by atoms with Crippen LogP contribution < -0.4 is 0 Å². The zero-order valence-corrected chi connectivity index (χ0v) is 8.60. The molecule has 0 saturated heterocycles. The van der Waals surface area contributed by atoms with Gasteiger partial charge in [0.25, 0.3) is 0 Å². The Morgan fingerprint density at radius 1 is 1.85 bits per heavy atom. The normalized spacial score (nSPS) is 9.69. The van der Waals surface area contributed by atoms with Crippen LogP contribution in [0.4, 0.5) is 0 Å². The van der Waals surface area contributed by atoms with Crippen molar-refractivity contribution >= 4 is 17.2 Å². The van der Waals surface area contributed by atoms with E-state index in [1.165, 1.54) is 6.08 Å². The number of hydrogen-bond acceptors (Lipinski definition) is 3. The lowest BCUT2D eigenvalue weighted by atomic mass is 10.4. The van der Waals surface area contributed by atoms with Crippen molar-refractivity contribution in [3.8, 4) is 0 Å². The standard InChI is InChI=1S/C9H12N2OS/c1-4-9(12)11(3)6-8-5-10-7(2)13-8/h4-5H,1,6H2,2-3H3. The maximum Gasteiger partial charge on any atom is 0.246 e. The van der Waals surface area contributed by atoms with Gasteiger partial charge in [-0.1, -0.05) is 6.58 Å². The maximum absolute atomic E-state index is 11.1. The van der Waals surface area contributed by atoms with Crippen molar-refractivity contribution in [3.05, 3.63) is 28.7 Å². The molecule has 1 amide bonds. The monoisotopic (exact) mass is 196 g/mol. The molecule has 0 atom stereocenters. The summed E-state index contributed by atoms with van der Waals surface area (Å²) in [6.07, 6.45) is 3.11. The number of thiazole rings is 1. The van der Waals surface area contributed by atoms with Gasteiger partial charge in [0, 0.05) is 18.1 Å². The van der Waals surface area contributed by atoms with Crippen LogP contribution in [0.3, 0.4) is 0 Å². The second-order valence-corrected chi connectivity index (χ2v) is 4.06. The summed E-state index contributed by atoms with van der Waals surface area (Å²) in [6, 6.07) is 0. The van der Waals surface area contributed by atoms with E-state index in [0.717, 1.165) is 9.88 Å². The number of carbonyl (C=O) groups is 1. The molecule has 0 radical (unpaired) electrons. The molecule has 0 saturated carbocycles. The highest BCUT2D eigenvalue weighted by Gasteiger charge is 2.06. The molecule has 0 aliphatic carbocycles. The number of aromatic nitrogens is 1. The molecule has 0 unspecified atom stereocenters. The highest BCUT2D eigenvalue weighted by Crippen LogP contribution is 2.13. The molecule has 1 rings (SSSR count). The summed E-state index contributed by atoms with van der Waals surface area (Å²) < 4.78 is 0. The molecule has 0 aliphatic rings. The molecular formula is C9H12N2OS. The van der Waals surface area contributed by atoms with Gasteiger partial charge in [-0.3, -0.25) is 4.79 Å². The van der Waals surface area contributed by atoms with Crippen LogP contribution in [0.2, 0.25) is 0 Å². The molecule has 70 valence electrons. The summed E-state index contributed by atoms with van der Waals surface area (Å²) in [4.78, 5) is 17.9. The van der Waals surface area contributed by atoms with E-state index in [4.69, 9.17) is 0 Å². The van der Waals surface area contributed by atoms with E-state index in [-0.39, 0.29) is 5.91 Å². The van der Waals surface area contributed by atoms with Crippen LogP contribution in [0, 0.1) is 6.92 Å². The van der Waals surface area contributed by atoms with E-state index < -0.39 is 0 Å². The molecule has 0 bridgehead atoms. The Morgan fingerprint density at radius 3 is 3.00 bits per heavy atom. The van der Waals surface area contributed by atoms with Crippen LogP contribution in [0.15, 0.2) is 18.9 Å². The Morgan fingerprint density at radius 2 is 2.54 bits per heavy atom. The molecule has 1 aromatic rings. The summed E-state index contributed by atoms with van der Waals surface area (Å²) in [5, 5.41) is 1.02. The topological polar surface area (TPSA) is 33.2 Å². The Balaban J connectivity index is 2.59. The van der Waals surface area contributed by atoms with Gasteiger partial charge < -0.3 is 4.90 Å². The number of rotatable bonds is 3. The minimum atomic E-state index is -0.0638. The van der Waals surface area contributed by atoms with Crippen LogP contribution in [-0.4, -0.2) is 22.8 Å². The third kappa shape index (κ3) is 2.66. The fourth-order valence-corrected chi connectivity index (χ4v) is 1.79. The van der Waals surface area contributed by atoms with Gasteiger partial charge in [0.15, 0.2) is 0 Å². The zero-order valence-electron chi connectivity index (χ0n) is 7.78. The third-order valence-electron chi connectivity index (χ3n) is 1.61. The van der Waals surface area contributed by atoms with Crippen molar-refractivity contribution < 1.29 is 4.79 Å². The predicted molar refractivity (Wildman–Crippen MR) is 53.5 cm³/mol. The lowest BCUT2D eigenvalue weighted by molar-refractivity contribution is -0.125. The molecule has 13 heavy (non-hydrogen) atoms. The average Bonchev–Trinajstić information content (AvgIpc) is 2.49. The summed E-state index contributed by atoms with van der Waals surface area (Å²) in [7, 11) is 1.75. The average molecular weight is 196 g/mol. The van der Waals surface area contributed by atoms with Gasteiger partial charge in [0.2, 0.25) is 5.91 Å². The lowest BCUT2D eigenvalue weighted by Gasteiger charge is -2.12. The molecule has 0 aromatic carbocycles. The number of aryl methyl sites for hydroxylation is 1. The first kappa shape index (κ1) is 9.92. The molecule has 0 spiro atoms. The fourth-order valence-electron chi connectivity index (χ4n) is 0.946. The van der Waals surface area contributed by atoms with Crippen molar-refractivity contribution in [1.82, 2.24) is 9.88 Å². The number of carbonyl (C=O) groups excluding carboxylic acids is 1. The van der Waals surface area contributed by atoms with E-state index in [0.29, 0.717) is 6.54 Å². The highest BCUT2D eigenvalue weighted by molar-refractivity contribution is 7.11. The molecule has 1 heterocycles. The lowest BCUT2D eigenvalue weighted by Crippen LogP contribution is -2.23. The van der Waals surface area contributed by atoms with E-state index in [1.807, 2.05) is 6.92 Å². The molecule has 0 aliphatic heterocycles. The largest absolute Gasteiger partial charge is 0.337 e. The maximum atomic E-state index is 11.1. The van der Waals surface area contributed by atoms with Crippen molar-refractivity contribution in [3.63, 3.8) is 0 Å². The summed E-state index contributed by atoms with van der Waals surface area (Å²) in [6.45, 7) is 5.98. The van der Waals surface area contributed by atoms with Gasteiger partial charge in [-0.2, -0.15) is 0 Å². The van der Waals surface area contributed by atoms with Crippen LogP contribution >= 0.6 is 11.3 Å². The van der Waals surface area contributed by atoms with Crippen molar-refractivity contribution in [2.45, 2.75) is 13.5 Å². The zero-order chi connectivity index (χ0) is 9.84. The van der Waals surface area contributed by atoms with Gasteiger partial charge in [-0.05, 0) is 13.0 Å². The van der Waals surface area contributed by atoms with Crippen LogP contribution in [0.1, 0.15) is 9.88 Å². The Bertz CT molecular complexity index is 319. The van der Waals surface area contributed by atoms with Crippen LogP contribution in [0.5, 0.6) is 0 Å². The predicted octanol–water partition coefficient (Wildman–Crippen LogP) is 1.60. The summed E-state index contributed by atoms with van der Waals surface area (Å²) >= 11 is 1.60. The van der Waals surface area contributed by atoms with Gasteiger partial charge in [-0.25, -0.2) is 4.98 Å². The fraction of sp³-hybridized carbons (Fsp3) is 0.333. The first-order chi connectivity index (χ1) is 6.13. The second kappa shape index (κ2) is 4.18. The van der Waals surface area contributed by atoms with E-state index in [2.05, 4.69) is 11.6 Å². The van der Waals surface area contributed by atoms with Gasteiger partial charge in [-0.15, -0.1) is 11.3 Å². The van der Waals surface area contributed by atoms with Crippen LogP contribution in [-0.2, 0) is 11.3 Å². The van der Waals surface area contributed by atoms with E-state index in [9.17, 15) is 4.79 Å². The van der Waals surface area contributed by atoms with E-state index >= 15 is 0 Å². The smallest absolute Gasteiger partial charge is 0.246 e. The molecule has 3 nitrogen and oxygen atoms in total. The summed E-state index contributed by atoms with van der Waals surface area (Å²) in [5.74, 6) is -0.0638. The number of nitrogens with zero attached hydrogens (tertiary/aromatic N) is 2. The highest BCUT2D eigenvalue weighted by atomic mass is 32.1. The quantitative estimate of drug-likeness (QED) is 0.688. The van der Waals surface area contributed by atoms with Gasteiger partial charge in [0.1, 0.15) is 0 Å². The van der Waals surface area contributed by atoms with Crippen molar-refractivity contribution in [1.29, 1.82) is 0 Å². The SMILES string of the molecule is C=CC(=O)N(C)Cc1cnc(C)s1. The third-order valence-corrected chi connectivity index (χ3v) is 2.51. The second-order valence-electron chi connectivity index (χ2n) is 2.74. The Hall–Kier alpha value is -1.16. The number of amides is 1. The molecular weight excluding hydrogens is 184 g/mol. The first-order valence-electron chi connectivity index (χ1n) is 3.92. The molecule has 0 fully saturated rings. The van der Waals surface area contributed by atoms with Gasteiger partial charge in [0.05, 0.1) is 11.6 Å². The first-order valence-corrected chi connectivity index (χ1v) is 4.74. The molecule has 1 aromatic heterocycles. The minimum absolute atomic E-state index is 0.0638. The van der Waals surface area contributed by atoms with Crippen molar-refractivity contribution in [2.75, 3.05) is 7.05 Å².